The first-order valence-corrected chi connectivity index (χ1v) is 4.90. The number of rotatable bonds is 3. The molecule has 0 fully saturated rings. The second kappa shape index (κ2) is 4.74. The Bertz CT molecular complexity index is 321. The van der Waals surface area contributed by atoms with Gasteiger partial charge in [-0.05, 0) is 25.0 Å². The molecule has 0 saturated carbocycles. The van der Waals surface area contributed by atoms with E-state index in [1.807, 2.05) is 19.1 Å². The number of amides is 1. The summed E-state index contributed by atoms with van der Waals surface area (Å²) in [4.78, 5) is 15.7. The Morgan fingerprint density at radius 3 is 2.79 bits per heavy atom. The number of hydrogen-bond donors (Lipinski definition) is 1. The van der Waals surface area contributed by atoms with Crippen LogP contribution in [0.3, 0.4) is 0 Å². The van der Waals surface area contributed by atoms with Crippen molar-refractivity contribution in [2.75, 3.05) is 6.54 Å². The van der Waals surface area contributed by atoms with E-state index in [1.54, 1.807) is 6.07 Å². The molecule has 1 aromatic rings. The quantitative estimate of drug-likeness (QED) is 0.795. The van der Waals surface area contributed by atoms with Crippen molar-refractivity contribution in [2.24, 2.45) is 0 Å². The van der Waals surface area contributed by atoms with Gasteiger partial charge in [0.2, 0.25) is 0 Å². The Morgan fingerprint density at radius 1 is 1.50 bits per heavy atom. The molecule has 0 aliphatic heterocycles. The predicted molar refractivity (Wildman–Crippen MR) is 56.3 cm³/mol. The van der Waals surface area contributed by atoms with Crippen LogP contribution in [-0.4, -0.2) is 17.4 Å². The van der Waals surface area contributed by atoms with Gasteiger partial charge in [-0.3, -0.25) is 4.79 Å². The molecule has 3 heteroatoms. The summed E-state index contributed by atoms with van der Waals surface area (Å²) in [5.41, 5.74) is 1.45. The van der Waals surface area contributed by atoms with E-state index < -0.39 is 0 Å². The molecule has 0 atom stereocenters. The Kier molecular flexibility index (Phi) is 3.63. The standard InChI is InChI=1S/C11H16N2O/c1-4-12-11(14)10-7-5-6-9(13-10)8(2)3/h5-8H,4H2,1-3H3,(H,12,14). The van der Waals surface area contributed by atoms with Crippen LogP contribution in [-0.2, 0) is 0 Å². The lowest BCUT2D eigenvalue weighted by Crippen LogP contribution is -2.24. The maximum absolute atomic E-state index is 11.4. The third-order valence-corrected chi connectivity index (χ3v) is 1.93. The minimum atomic E-state index is -0.102. The van der Waals surface area contributed by atoms with Gasteiger partial charge in [-0.25, -0.2) is 4.98 Å². The lowest BCUT2D eigenvalue weighted by Gasteiger charge is -2.06. The van der Waals surface area contributed by atoms with Crippen molar-refractivity contribution < 1.29 is 4.79 Å². The number of carbonyl (C=O) groups excluding carboxylic acids is 1. The Balaban J connectivity index is 2.88. The van der Waals surface area contributed by atoms with Gasteiger partial charge in [0.05, 0.1) is 0 Å². The first kappa shape index (κ1) is 10.7. The summed E-state index contributed by atoms with van der Waals surface area (Å²) in [7, 11) is 0. The Labute approximate surface area is 84.6 Å². The molecular formula is C11H16N2O. The highest BCUT2D eigenvalue weighted by Crippen LogP contribution is 2.11. The molecule has 3 nitrogen and oxygen atoms in total. The van der Waals surface area contributed by atoms with E-state index in [0.717, 1.165) is 5.69 Å². The third-order valence-electron chi connectivity index (χ3n) is 1.93. The van der Waals surface area contributed by atoms with Crippen LogP contribution in [0, 0.1) is 0 Å². The van der Waals surface area contributed by atoms with Crippen molar-refractivity contribution in [1.82, 2.24) is 10.3 Å². The molecule has 1 rings (SSSR count). The number of nitrogens with one attached hydrogen (secondary N) is 1. The lowest BCUT2D eigenvalue weighted by atomic mass is 10.1. The van der Waals surface area contributed by atoms with Gasteiger partial charge in [0, 0.05) is 12.2 Å². The minimum Gasteiger partial charge on any atom is -0.351 e. The monoisotopic (exact) mass is 192 g/mol. The number of nitrogens with zero attached hydrogens (tertiary/aromatic N) is 1. The molecule has 0 aromatic carbocycles. The molecule has 14 heavy (non-hydrogen) atoms. The van der Waals surface area contributed by atoms with Gasteiger partial charge in [-0.15, -0.1) is 0 Å². The Morgan fingerprint density at radius 2 is 2.21 bits per heavy atom. The molecule has 0 unspecified atom stereocenters. The van der Waals surface area contributed by atoms with Gasteiger partial charge in [-0.2, -0.15) is 0 Å². The molecule has 1 amide bonds. The van der Waals surface area contributed by atoms with E-state index in [9.17, 15) is 4.79 Å². The summed E-state index contributed by atoms with van der Waals surface area (Å²) in [6.45, 7) is 6.64. The van der Waals surface area contributed by atoms with Crippen LogP contribution < -0.4 is 5.32 Å². The molecule has 1 heterocycles. The fraction of sp³-hybridized carbons (Fsp3) is 0.455. The van der Waals surface area contributed by atoms with Crippen molar-refractivity contribution in [2.45, 2.75) is 26.7 Å². The van der Waals surface area contributed by atoms with Gasteiger partial charge in [0.25, 0.3) is 5.91 Å². The topological polar surface area (TPSA) is 42.0 Å². The summed E-state index contributed by atoms with van der Waals surface area (Å²) in [5.74, 6) is 0.249. The van der Waals surface area contributed by atoms with Gasteiger partial charge >= 0.3 is 0 Å². The van der Waals surface area contributed by atoms with Crippen LogP contribution in [0.25, 0.3) is 0 Å². The lowest BCUT2D eigenvalue weighted by molar-refractivity contribution is 0.0950. The maximum Gasteiger partial charge on any atom is 0.269 e. The van der Waals surface area contributed by atoms with Crippen molar-refractivity contribution in [3.8, 4) is 0 Å². The first-order chi connectivity index (χ1) is 6.65. The molecule has 0 spiro atoms. The molecule has 0 aliphatic rings. The largest absolute Gasteiger partial charge is 0.351 e. The second-order valence-electron chi connectivity index (χ2n) is 3.46. The highest BCUT2D eigenvalue weighted by Gasteiger charge is 2.07. The normalized spacial score (nSPS) is 10.3. The second-order valence-corrected chi connectivity index (χ2v) is 3.46. The minimum absolute atomic E-state index is 0.102. The highest BCUT2D eigenvalue weighted by atomic mass is 16.1. The van der Waals surface area contributed by atoms with E-state index in [1.165, 1.54) is 0 Å². The smallest absolute Gasteiger partial charge is 0.269 e. The van der Waals surface area contributed by atoms with E-state index in [-0.39, 0.29) is 5.91 Å². The third kappa shape index (κ3) is 2.55. The summed E-state index contributed by atoms with van der Waals surface area (Å²) >= 11 is 0. The summed E-state index contributed by atoms with van der Waals surface area (Å²) < 4.78 is 0. The van der Waals surface area contributed by atoms with Crippen LogP contribution in [0.5, 0.6) is 0 Å². The van der Waals surface area contributed by atoms with Crippen LogP contribution >= 0.6 is 0 Å². The average Bonchev–Trinajstić information content (AvgIpc) is 2.18. The van der Waals surface area contributed by atoms with E-state index in [0.29, 0.717) is 18.2 Å². The van der Waals surface area contributed by atoms with Gasteiger partial charge < -0.3 is 5.32 Å². The van der Waals surface area contributed by atoms with Crippen molar-refractivity contribution >= 4 is 5.91 Å². The molecule has 76 valence electrons. The zero-order chi connectivity index (χ0) is 10.6. The van der Waals surface area contributed by atoms with Gasteiger partial charge in [-0.1, -0.05) is 19.9 Å². The summed E-state index contributed by atoms with van der Waals surface area (Å²) in [6, 6.07) is 5.54. The first-order valence-electron chi connectivity index (χ1n) is 4.90. The molecule has 0 radical (unpaired) electrons. The SMILES string of the molecule is CCNC(=O)c1cccc(C(C)C)n1. The van der Waals surface area contributed by atoms with Crippen LogP contribution in [0.1, 0.15) is 42.9 Å². The van der Waals surface area contributed by atoms with Crippen molar-refractivity contribution in [3.05, 3.63) is 29.6 Å². The molecular weight excluding hydrogens is 176 g/mol. The van der Waals surface area contributed by atoms with Crippen molar-refractivity contribution in [1.29, 1.82) is 0 Å². The number of pyridine rings is 1. The maximum atomic E-state index is 11.4. The van der Waals surface area contributed by atoms with Crippen molar-refractivity contribution in [3.63, 3.8) is 0 Å². The van der Waals surface area contributed by atoms with Gasteiger partial charge in [0.1, 0.15) is 5.69 Å². The molecule has 1 N–H and O–H groups in total. The van der Waals surface area contributed by atoms with E-state index in [2.05, 4.69) is 24.1 Å². The number of aromatic nitrogens is 1. The van der Waals surface area contributed by atoms with Gasteiger partial charge in [0.15, 0.2) is 0 Å². The summed E-state index contributed by atoms with van der Waals surface area (Å²) in [6.07, 6.45) is 0. The number of carbonyl (C=O) groups is 1. The van der Waals surface area contributed by atoms with Crippen LogP contribution in [0.2, 0.25) is 0 Å². The predicted octanol–water partition coefficient (Wildman–Crippen LogP) is 1.95. The van der Waals surface area contributed by atoms with Crippen LogP contribution in [0.15, 0.2) is 18.2 Å². The molecule has 0 aliphatic carbocycles. The Hall–Kier alpha value is -1.38. The van der Waals surface area contributed by atoms with Crippen LogP contribution in [0.4, 0.5) is 0 Å². The summed E-state index contributed by atoms with van der Waals surface area (Å²) in [5, 5.41) is 2.73. The highest BCUT2D eigenvalue weighted by molar-refractivity contribution is 5.92. The zero-order valence-electron chi connectivity index (χ0n) is 8.87. The molecule has 1 aromatic heterocycles. The fourth-order valence-electron chi connectivity index (χ4n) is 1.15. The average molecular weight is 192 g/mol. The number of hydrogen-bond acceptors (Lipinski definition) is 2. The molecule has 0 bridgehead atoms. The van der Waals surface area contributed by atoms with E-state index in [4.69, 9.17) is 0 Å². The molecule has 0 saturated heterocycles. The zero-order valence-corrected chi connectivity index (χ0v) is 8.87. The van der Waals surface area contributed by atoms with E-state index >= 15 is 0 Å². The fourth-order valence-corrected chi connectivity index (χ4v) is 1.15.